The quantitative estimate of drug-likeness (QED) is 0.310. The summed E-state index contributed by atoms with van der Waals surface area (Å²) in [5.74, 6) is 0.387. The number of nitrogens with one attached hydrogen (secondary N) is 1. The summed E-state index contributed by atoms with van der Waals surface area (Å²) in [6.07, 6.45) is 0. The van der Waals surface area contributed by atoms with E-state index >= 15 is 0 Å². The van der Waals surface area contributed by atoms with E-state index in [1.807, 2.05) is 0 Å². The molecular weight excluding hydrogens is 453 g/mol. The standard InChI is InChI=1S/C18H15Cl2N5O4S/c1-24-17(12-5-3-10(19)7-13(12)20)22-23-18(24)30-9-16(26)21-14-6-4-11(29-2)8-15(14)25(27)28/h3-8H,9H2,1-2H3,(H,21,26). The molecule has 0 fully saturated rings. The molecule has 0 aliphatic heterocycles. The van der Waals surface area contributed by atoms with Crippen molar-refractivity contribution < 1.29 is 14.5 Å². The molecule has 0 saturated heterocycles. The van der Waals surface area contributed by atoms with Gasteiger partial charge in [-0.25, -0.2) is 0 Å². The Labute approximate surface area is 185 Å². The van der Waals surface area contributed by atoms with Crippen molar-refractivity contribution in [2.45, 2.75) is 5.16 Å². The molecule has 1 aromatic heterocycles. The second-order valence-corrected chi connectivity index (χ2v) is 7.75. The molecule has 0 saturated carbocycles. The molecule has 12 heteroatoms. The zero-order valence-electron chi connectivity index (χ0n) is 15.8. The average Bonchev–Trinajstić information content (AvgIpc) is 3.07. The maximum absolute atomic E-state index is 12.3. The van der Waals surface area contributed by atoms with E-state index < -0.39 is 10.8 Å². The van der Waals surface area contributed by atoms with E-state index in [4.69, 9.17) is 27.9 Å². The Morgan fingerprint density at radius 2 is 2.03 bits per heavy atom. The lowest BCUT2D eigenvalue weighted by Gasteiger charge is -2.08. The largest absolute Gasteiger partial charge is 0.496 e. The lowest BCUT2D eigenvalue weighted by atomic mass is 10.2. The number of nitrogens with zero attached hydrogens (tertiary/aromatic N) is 4. The first-order chi connectivity index (χ1) is 14.3. The van der Waals surface area contributed by atoms with Crippen LogP contribution in [0.1, 0.15) is 0 Å². The SMILES string of the molecule is COc1ccc(NC(=O)CSc2nnc(-c3ccc(Cl)cc3Cl)n2C)c([N+](=O)[O-])c1. The Morgan fingerprint density at radius 3 is 2.70 bits per heavy atom. The zero-order valence-corrected chi connectivity index (χ0v) is 18.1. The lowest BCUT2D eigenvalue weighted by molar-refractivity contribution is -0.384. The van der Waals surface area contributed by atoms with Crippen molar-refractivity contribution in [1.82, 2.24) is 14.8 Å². The van der Waals surface area contributed by atoms with Gasteiger partial charge in [-0.2, -0.15) is 0 Å². The van der Waals surface area contributed by atoms with Crippen LogP contribution in [0, 0.1) is 10.1 Å². The van der Waals surface area contributed by atoms with Crippen LogP contribution < -0.4 is 10.1 Å². The Morgan fingerprint density at radius 1 is 1.27 bits per heavy atom. The van der Waals surface area contributed by atoms with Crippen LogP contribution in [0.2, 0.25) is 10.0 Å². The number of nitro groups is 1. The van der Waals surface area contributed by atoms with E-state index in [1.54, 1.807) is 29.8 Å². The van der Waals surface area contributed by atoms with Crippen molar-refractivity contribution in [3.8, 4) is 17.1 Å². The minimum Gasteiger partial charge on any atom is -0.496 e. The molecule has 0 aliphatic rings. The number of benzene rings is 2. The van der Waals surface area contributed by atoms with Gasteiger partial charge in [0.2, 0.25) is 5.91 Å². The zero-order chi connectivity index (χ0) is 21.8. The molecule has 156 valence electrons. The number of anilines is 1. The maximum atomic E-state index is 12.3. The monoisotopic (exact) mass is 467 g/mol. The van der Waals surface area contributed by atoms with Gasteiger partial charge in [0.1, 0.15) is 11.4 Å². The van der Waals surface area contributed by atoms with Crippen LogP contribution in [0.25, 0.3) is 11.4 Å². The van der Waals surface area contributed by atoms with Gasteiger partial charge in [-0.3, -0.25) is 14.9 Å². The first kappa shape index (κ1) is 21.9. The fourth-order valence-electron chi connectivity index (χ4n) is 2.56. The Balaban J connectivity index is 1.70. The summed E-state index contributed by atoms with van der Waals surface area (Å²) in [7, 11) is 3.15. The number of hydrogen-bond acceptors (Lipinski definition) is 7. The highest BCUT2D eigenvalue weighted by Crippen LogP contribution is 2.31. The number of aromatic nitrogens is 3. The molecule has 1 amide bonds. The molecule has 0 unspecified atom stereocenters. The van der Waals surface area contributed by atoms with Gasteiger partial charge in [0.25, 0.3) is 5.69 Å². The molecule has 0 bridgehead atoms. The molecule has 0 radical (unpaired) electrons. The second-order valence-electron chi connectivity index (χ2n) is 5.97. The average molecular weight is 468 g/mol. The Hall–Kier alpha value is -2.82. The van der Waals surface area contributed by atoms with Crippen LogP contribution in [-0.4, -0.2) is 38.5 Å². The third-order valence-electron chi connectivity index (χ3n) is 4.01. The van der Waals surface area contributed by atoms with Crippen molar-refractivity contribution in [3.05, 3.63) is 56.6 Å². The van der Waals surface area contributed by atoms with E-state index in [1.165, 1.54) is 25.3 Å². The molecule has 9 nitrogen and oxygen atoms in total. The number of halogens is 2. The van der Waals surface area contributed by atoms with Crippen LogP contribution in [-0.2, 0) is 11.8 Å². The van der Waals surface area contributed by atoms with Crippen LogP contribution in [0.4, 0.5) is 11.4 Å². The van der Waals surface area contributed by atoms with Gasteiger partial charge >= 0.3 is 0 Å². The number of amides is 1. The van der Waals surface area contributed by atoms with E-state index in [-0.39, 0.29) is 17.1 Å². The van der Waals surface area contributed by atoms with E-state index in [2.05, 4.69) is 15.5 Å². The molecule has 1 heterocycles. The van der Waals surface area contributed by atoms with Gasteiger partial charge < -0.3 is 14.6 Å². The van der Waals surface area contributed by atoms with Gasteiger partial charge in [-0.15, -0.1) is 10.2 Å². The summed E-state index contributed by atoms with van der Waals surface area (Å²) in [6.45, 7) is 0. The molecule has 2 aromatic carbocycles. The number of methoxy groups -OCH3 is 1. The summed E-state index contributed by atoms with van der Waals surface area (Å²) in [5.41, 5.74) is 0.477. The molecule has 30 heavy (non-hydrogen) atoms. The number of ether oxygens (including phenoxy) is 1. The maximum Gasteiger partial charge on any atom is 0.296 e. The van der Waals surface area contributed by atoms with Crippen LogP contribution >= 0.6 is 35.0 Å². The molecule has 0 aliphatic carbocycles. The summed E-state index contributed by atoms with van der Waals surface area (Å²) in [6, 6.07) is 9.23. The molecule has 0 atom stereocenters. The summed E-state index contributed by atoms with van der Waals surface area (Å²) >= 11 is 13.3. The van der Waals surface area contributed by atoms with Crippen molar-refractivity contribution >= 4 is 52.2 Å². The molecule has 1 N–H and O–H groups in total. The molecule has 0 spiro atoms. The highest BCUT2D eigenvalue weighted by molar-refractivity contribution is 7.99. The molecular formula is C18H15Cl2N5O4S. The number of thioether (sulfide) groups is 1. The van der Waals surface area contributed by atoms with Gasteiger partial charge in [0.15, 0.2) is 11.0 Å². The van der Waals surface area contributed by atoms with Crippen molar-refractivity contribution in [3.63, 3.8) is 0 Å². The number of nitro benzene ring substituents is 1. The van der Waals surface area contributed by atoms with Gasteiger partial charge in [-0.1, -0.05) is 35.0 Å². The minimum absolute atomic E-state index is 0.0243. The predicted molar refractivity (Wildman–Crippen MR) is 115 cm³/mol. The minimum atomic E-state index is -0.587. The second kappa shape index (κ2) is 9.33. The van der Waals surface area contributed by atoms with Crippen molar-refractivity contribution in [1.29, 1.82) is 0 Å². The van der Waals surface area contributed by atoms with Gasteiger partial charge in [0.05, 0.1) is 28.9 Å². The number of carbonyl (C=O) groups is 1. The van der Waals surface area contributed by atoms with Crippen molar-refractivity contribution in [2.24, 2.45) is 7.05 Å². The van der Waals surface area contributed by atoms with Crippen molar-refractivity contribution in [2.75, 3.05) is 18.2 Å². The predicted octanol–water partition coefficient (Wildman–Crippen LogP) is 4.44. The van der Waals surface area contributed by atoms with Gasteiger partial charge in [0, 0.05) is 17.6 Å². The van der Waals surface area contributed by atoms with E-state index in [0.717, 1.165) is 11.8 Å². The highest BCUT2D eigenvalue weighted by Gasteiger charge is 2.19. The van der Waals surface area contributed by atoms with E-state index in [0.29, 0.717) is 32.3 Å². The van der Waals surface area contributed by atoms with E-state index in [9.17, 15) is 14.9 Å². The van der Waals surface area contributed by atoms with Crippen LogP contribution in [0.15, 0.2) is 41.6 Å². The summed E-state index contributed by atoms with van der Waals surface area (Å²) in [5, 5.41) is 23.4. The number of carbonyl (C=O) groups excluding carboxylic acids is 1. The summed E-state index contributed by atoms with van der Waals surface area (Å²) in [4.78, 5) is 23.0. The fourth-order valence-corrected chi connectivity index (χ4v) is 3.76. The summed E-state index contributed by atoms with van der Waals surface area (Å²) < 4.78 is 6.68. The van der Waals surface area contributed by atoms with Crippen LogP contribution in [0.3, 0.4) is 0 Å². The third-order valence-corrected chi connectivity index (χ3v) is 5.58. The fraction of sp³-hybridized carbons (Fsp3) is 0.167. The Bertz CT molecular complexity index is 1120. The smallest absolute Gasteiger partial charge is 0.296 e. The molecule has 3 rings (SSSR count). The highest BCUT2D eigenvalue weighted by atomic mass is 35.5. The first-order valence-corrected chi connectivity index (χ1v) is 10.1. The number of hydrogen-bond donors (Lipinski definition) is 1. The Kier molecular flexibility index (Phi) is 6.80. The topological polar surface area (TPSA) is 112 Å². The van der Waals surface area contributed by atoms with Crippen LogP contribution in [0.5, 0.6) is 5.75 Å². The number of rotatable bonds is 7. The lowest BCUT2D eigenvalue weighted by Crippen LogP contribution is -2.15. The first-order valence-electron chi connectivity index (χ1n) is 8.40. The van der Waals surface area contributed by atoms with Gasteiger partial charge in [-0.05, 0) is 30.3 Å². The third kappa shape index (κ3) is 4.84. The normalized spacial score (nSPS) is 10.7. The molecule has 3 aromatic rings.